The summed E-state index contributed by atoms with van der Waals surface area (Å²) in [6, 6.07) is 9.57. The Bertz CT molecular complexity index is 963. The van der Waals surface area contributed by atoms with E-state index in [1.165, 1.54) is 27.8 Å². The molecule has 1 heterocycles. The first-order valence-electron chi connectivity index (χ1n) is 10.2. The van der Waals surface area contributed by atoms with E-state index in [0.29, 0.717) is 17.7 Å². The first kappa shape index (κ1) is 22.7. The Morgan fingerprint density at radius 3 is 2.60 bits per heavy atom. The third-order valence-corrected chi connectivity index (χ3v) is 8.23. The summed E-state index contributed by atoms with van der Waals surface area (Å²) < 4.78 is 32.7. The van der Waals surface area contributed by atoms with E-state index >= 15 is 0 Å². The highest BCUT2D eigenvalue weighted by Gasteiger charge is 2.29. The summed E-state index contributed by atoms with van der Waals surface area (Å²) in [4.78, 5) is 25.1. The Kier molecular flexibility index (Phi) is 7.80. The molecule has 0 aliphatic heterocycles. The summed E-state index contributed by atoms with van der Waals surface area (Å²) in [5, 5.41) is 1.85. The van der Waals surface area contributed by atoms with Gasteiger partial charge in [0.05, 0.1) is 21.9 Å². The summed E-state index contributed by atoms with van der Waals surface area (Å²) in [6.07, 6.45) is 5.66. The number of ether oxygens (including phenoxy) is 1. The molecule has 162 valence electrons. The van der Waals surface area contributed by atoms with Gasteiger partial charge in [-0.1, -0.05) is 31.4 Å². The molecule has 0 atom stereocenters. The fourth-order valence-corrected chi connectivity index (χ4v) is 5.79. The van der Waals surface area contributed by atoms with Crippen molar-refractivity contribution in [3.8, 4) is 0 Å². The van der Waals surface area contributed by atoms with Crippen molar-refractivity contribution in [2.75, 3.05) is 13.7 Å². The van der Waals surface area contributed by atoms with Gasteiger partial charge in [-0.15, -0.1) is 11.3 Å². The van der Waals surface area contributed by atoms with Crippen LogP contribution in [0.1, 0.15) is 65.0 Å². The number of carbonyl (C=O) groups is 2. The van der Waals surface area contributed by atoms with Crippen LogP contribution in [-0.4, -0.2) is 44.2 Å². The smallest absolute Gasteiger partial charge is 0.338 e. The minimum absolute atomic E-state index is 0.000222. The number of nitrogens with zero attached hydrogens (tertiary/aromatic N) is 1. The molecule has 8 heteroatoms. The van der Waals surface area contributed by atoms with Crippen LogP contribution >= 0.6 is 11.3 Å². The molecule has 2 aromatic rings. The van der Waals surface area contributed by atoms with Crippen LogP contribution in [0.4, 0.5) is 0 Å². The topological polar surface area (TPSA) is 80.8 Å². The predicted octanol–water partition coefficient (Wildman–Crippen LogP) is 4.52. The lowest BCUT2D eigenvalue weighted by atomic mass is 9.96. The summed E-state index contributed by atoms with van der Waals surface area (Å²) in [5.41, 5.74) is 0.192. The number of ketones is 1. The van der Waals surface area contributed by atoms with Gasteiger partial charge >= 0.3 is 5.97 Å². The van der Waals surface area contributed by atoms with Crippen molar-refractivity contribution in [1.29, 1.82) is 0 Å². The summed E-state index contributed by atoms with van der Waals surface area (Å²) >= 11 is 1.39. The molecule has 1 aromatic heterocycles. The number of Topliss-reactive ketones (excluding diaryl/α,β-unsaturated/α-hetero) is 1. The lowest BCUT2D eigenvalue weighted by Gasteiger charge is -2.30. The van der Waals surface area contributed by atoms with Crippen molar-refractivity contribution >= 4 is 33.1 Å². The van der Waals surface area contributed by atoms with Crippen molar-refractivity contribution in [3.63, 3.8) is 0 Å². The molecular weight excluding hydrogens is 422 g/mol. The normalized spacial score (nSPS) is 15.3. The molecule has 0 saturated heterocycles. The molecule has 3 rings (SSSR count). The maximum atomic E-state index is 13.0. The predicted molar refractivity (Wildman–Crippen MR) is 116 cm³/mol. The second-order valence-corrected chi connectivity index (χ2v) is 10.4. The molecule has 6 nitrogen and oxygen atoms in total. The Morgan fingerprint density at radius 2 is 1.90 bits per heavy atom. The minimum Gasteiger partial charge on any atom is -0.462 e. The summed E-state index contributed by atoms with van der Waals surface area (Å²) in [5.74, 6) is -0.559. The maximum Gasteiger partial charge on any atom is 0.338 e. The summed E-state index contributed by atoms with van der Waals surface area (Å²) in [7, 11) is -2.06. The molecule has 0 N–H and O–H groups in total. The van der Waals surface area contributed by atoms with Gasteiger partial charge in [-0.05, 0) is 48.9 Å². The van der Waals surface area contributed by atoms with E-state index in [2.05, 4.69) is 0 Å². The van der Waals surface area contributed by atoms with Crippen LogP contribution in [0.15, 0.2) is 46.7 Å². The number of hydrogen-bond donors (Lipinski definition) is 0. The molecule has 0 amide bonds. The quantitative estimate of drug-likeness (QED) is 0.319. The van der Waals surface area contributed by atoms with Crippen LogP contribution in [0.5, 0.6) is 0 Å². The van der Waals surface area contributed by atoms with Crippen LogP contribution in [-0.2, 0) is 14.8 Å². The zero-order chi connectivity index (χ0) is 21.6. The van der Waals surface area contributed by atoms with E-state index in [9.17, 15) is 18.0 Å². The van der Waals surface area contributed by atoms with E-state index in [0.717, 1.165) is 32.1 Å². The zero-order valence-electron chi connectivity index (χ0n) is 17.1. The number of hydrogen-bond acceptors (Lipinski definition) is 6. The third kappa shape index (κ3) is 5.56. The highest BCUT2D eigenvalue weighted by Crippen LogP contribution is 2.27. The molecule has 1 saturated carbocycles. The van der Waals surface area contributed by atoms with Gasteiger partial charge in [-0.3, -0.25) is 4.79 Å². The van der Waals surface area contributed by atoms with E-state index in [-0.39, 0.29) is 28.9 Å². The Morgan fingerprint density at radius 1 is 1.13 bits per heavy atom. The van der Waals surface area contributed by atoms with Crippen LogP contribution in [0.25, 0.3) is 0 Å². The maximum absolute atomic E-state index is 13.0. The number of carbonyl (C=O) groups excluding carboxylic acids is 2. The highest BCUT2D eigenvalue weighted by molar-refractivity contribution is 7.89. The van der Waals surface area contributed by atoms with Crippen LogP contribution < -0.4 is 0 Å². The average molecular weight is 450 g/mol. The van der Waals surface area contributed by atoms with Crippen LogP contribution in [0, 0.1) is 0 Å². The fraction of sp³-hybridized carbons (Fsp3) is 0.455. The first-order chi connectivity index (χ1) is 14.4. The molecule has 30 heavy (non-hydrogen) atoms. The van der Waals surface area contributed by atoms with Gasteiger partial charge < -0.3 is 4.74 Å². The monoisotopic (exact) mass is 449 g/mol. The largest absolute Gasteiger partial charge is 0.462 e. The van der Waals surface area contributed by atoms with E-state index in [4.69, 9.17) is 4.74 Å². The van der Waals surface area contributed by atoms with Crippen molar-refractivity contribution in [3.05, 3.63) is 52.2 Å². The van der Waals surface area contributed by atoms with Gasteiger partial charge in [0.2, 0.25) is 10.0 Å². The lowest BCUT2D eigenvalue weighted by Crippen LogP contribution is -2.38. The minimum atomic E-state index is -3.67. The van der Waals surface area contributed by atoms with Crippen LogP contribution in [0.2, 0.25) is 0 Å². The van der Waals surface area contributed by atoms with Crippen molar-refractivity contribution in [2.24, 2.45) is 0 Å². The van der Waals surface area contributed by atoms with E-state index in [1.54, 1.807) is 25.2 Å². The Hall–Kier alpha value is -2.03. The molecule has 0 spiro atoms. The van der Waals surface area contributed by atoms with Gasteiger partial charge in [0.15, 0.2) is 5.78 Å². The number of rotatable bonds is 9. The second-order valence-electron chi connectivity index (χ2n) is 7.48. The van der Waals surface area contributed by atoms with Crippen molar-refractivity contribution in [1.82, 2.24) is 4.31 Å². The molecule has 1 aliphatic rings. The van der Waals surface area contributed by atoms with Gasteiger partial charge in [0, 0.05) is 19.5 Å². The molecule has 0 radical (unpaired) electrons. The average Bonchev–Trinajstić information content (AvgIpc) is 3.31. The first-order valence-corrected chi connectivity index (χ1v) is 12.5. The van der Waals surface area contributed by atoms with Crippen molar-refractivity contribution < 1.29 is 22.7 Å². The van der Waals surface area contributed by atoms with E-state index < -0.39 is 16.0 Å². The Labute approximate surface area is 181 Å². The standard InChI is InChI=1S/C22H27NO5S2/c1-23(18-9-3-2-4-10-18)30(26,27)19-11-5-8-17(16-19)22(25)28-14-6-12-20(24)21-13-7-15-29-21/h5,7-8,11,13,15-16,18H,2-4,6,9-10,12,14H2,1H3. The SMILES string of the molecule is CN(C1CCCCC1)S(=O)(=O)c1cccc(C(=O)OCCCC(=O)c2cccs2)c1. The molecule has 1 fully saturated rings. The number of esters is 1. The number of sulfonamides is 1. The van der Waals surface area contributed by atoms with Crippen molar-refractivity contribution in [2.45, 2.75) is 55.9 Å². The third-order valence-electron chi connectivity index (χ3n) is 5.41. The zero-order valence-corrected chi connectivity index (χ0v) is 18.7. The molecule has 0 unspecified atom stereocenters. The highest BCUT2D eigenvalue weighted by atomic mass is 32.2. The van der Waals surface area contributed by atoms with E-state index in [1.807, 2.05) is 11.4 Å². The molecular formula is C22H27NO5S2. The number of thiophene rings is 1. The lowest BCUT2D eigenvalue weighted by molar-refractivity contribution is 0.0494. The Balaban J connectivity index is 1.57. The van der Waals surface area contributed by atoms with Crippen LogP contribution in [0.3, 0.4) is 0 Å². The van der Waals surface area contributed by atoms with Gasteiger partial charge in [0.1, 0.15) is 0 Å². The second kappa shape index (κ2) is 10.3. The van der Waals surface area contributed by atoms with Gasteiger partial charge in [0.25, 0.3) is 0 Å². The summed E-state index contributed by atoms with van der Waals surface area (Å²) in [6.45, 7) is 0.106. The molecule has 1 aromatic carbocycles. The number of benzene rings is 1. The molecule has 0 bridgehead atoms. The molecule has 1 aliphatic carbocycles. The fourth-order valence-electron chi connectivity index (χ4n) is 3.63. The van der Waals surface area contributed by atoms with Gasteiger partial charge in [-0.25, -0.2) is 13.2 Å². The van der Waals surface area contributed by atoms with Gasteiger partial charge in [-0.2, -0.15) is 4.31 Å².